The van der Waals surface area contributed by atoms with Gasteiger partial charge in [0.1, 0.15) is 0 Å². The van der Waals surface area contributed by atoms with Gasteiger partial charge in [0.2, 0.25) is 10.0 Å². The van der Waals surface area contributed by atoms with Gasteiger partial charge in [-0.15, -0.1) is 0 Å². The molecule has 1 aromatic carbocycles. The van der Waals surface area contributed by atoms with Crippen LogP contribution in [0.2, 0.25) is 0 Å². The summed E-state index contributed by atoms with van der Waals surface area (Å²) in [5.74, 6) is 0. The molecule has 1 aromatic rings. The highest BCUT2D eigenvalue weighted by Crippen LogP contribution is 2.10. The van der Waals surface area contributed by atoms with E-state index in [0.29, 0.717) is 24.4 Å². The Hall–Kier alpha value is -0.980. The zero-order valence-electron chi connectivity index (χ0n) is 9.64. The molecule has 94 valence electrons. The minimum absolute atomic E-state index is 0.285. The van der Waals surface area contributed by atoms with Gasteiger partial charge in [0, 0.05) is 6.54 Å². The van der Waals surface area contributed by atoms with E-state index in [1.807, 2.05) is 13.0 Å². The molecule has 1 rings (SSSR count). The predicted molar refractivity (Wildman–Crippen MR) is 72.4 cm³/mol. The molecular weight excluding hydrogens is 256 g/mol. The van der Waals surface area contributed by atoms with Crippen LogP contribution < -0.4 is 10.5 Å². The lowest BCUT2D eigenvalue weighted by Crippen LogP contribution is -2.25. The van der Waals surface area contributed by atoms with Crippen LogP contribution in [0.4, 0.5) is 0 Å². The van der Waals surface area contributed by atoms with E-state index in [0.717, 1.165) is 5.56 Å². The van der Waals surface area contributed by atoms with E-state index in [1.165, 1.54) is 0 Å². The molecule has 0 atom stereocenters. The molecule has 0 heterocycles. The van der Waals surface area contributed by atoms with E-state index >= 15 is 0 Å². The standard InChI is InChI=1S/C11H16N2O2S2/c1-9-4-2-5-10(8-9)17(14,15)13-7-3-6-11(12)16/h2,4-5,8,13H,3,6-7H2,1H3,(H2,12,16). The molecule has 4 nitrogen and oxygen atoms in total. The Morgan fingerprint density at radius 2 is 2.18 bits per heavy atom. The summed E-state index contributed by atoms with van der Waals surface area (Å²) in [7, 11) is -3.41. The zero-order chi connectivity index (χ0) is 12.9. The van der Waals surface area contributed by atoms with Crippen LogP contribution in [0.25, 0.3) is 0 Å². The van der Waals surface area contributed by atoms with Crippen molar-refractivity contribution in [3.63, 3.8) is 0 Å². The Morgan fingerprint density at radius 1 is 1.47 bits per heavy atom. The van der Waals surface area contributed by atoms with Crippen molar-refractivity contribution in [1.82, 2.24) is 4.72 Å². The predicted octanol–water partition coefficient (Wildman–Crippen LogP) is 1.34. The van der Waals surface area contributed by atoms with Gasteiger partial charge in [0.25, 0.3) is 0 Å². The van der Waals surface area contributed by atoms with Crippen LogP contribution in [0.1, 0.15) is 18.4 Å². The van der Waals surface area contributed by atoms with Crippen LogP contribution >= 0.6 is 12.2 Å². The Balaban J connectivity index is 2.60. The van der Waals surface area contributed by atoms with Crippen molar-refractivity contribution in [2.75, 3.05) is 6.54 Å². The highest BCUT2D eigenvalue weighted by molar-refractivity contribution is 7.89. The van der Waals surface area contributed by atoms with Gasteiger partial charge in [-0.3, -0.25) is 0 Å². The number of thiocarbonyl (C=S) groups is 1. The van der Waals surface area contributed by atoms with Gasteiger partial charge in [0.15, 0.2) is 0 Å². The van der Waals surface area contributed by atoms with E-state index in [9.17, 15) is 8.42 Å². The monoisotopic (exact) mass is 272 g/mol. The SMILES string of the molecule is Cc1cccc(S(=O)(=O)NCCCC(N)=S)c1. The molecule has 0 radical (unpaired) electrons. The summed E-state index contributed by atoms with van der Waals surface area (Å²) in [6.07, 6.45) is 1.16. The Bertz CT molecular complexity index is 498. The van der Waals surface area contributed by atoms with Crippen LogP contribution in [0.5, 0.6) is 0 Å². The van der Waals surface area contributed by atoms with Crippen molar-refractivity contribution in [3.05, 3.63) is 29.8 Å². The molecule has 0 fully saturated rings. The quantitative estimate of drug-likeness (QED) is 0.605. The second-order valence-electron chi connectivity index (χ2n) is 3.78. The summed E-state index contributed by atoms with van der Waals surface area (Å²) in [4.78, 5) is 0.688. The number of hydrogen-bond donors (Lipinski definition) is 2. The maximum absolute atomic E-state index is 11.9. The molecule has 0 saturated carbocycles. The Morgan fingerprint density at radius 3 is 2.76 bits per heavy atom. The number of aryl methyl sites for hydroxylation is 1. The first kappa shape index (κ1) is 14.1. The fourth-order valence-corrected chi connectivity index (χ4v) is 2.66. The van der Waals surface area contributed by atoms with Crippen LogP contribution in [0.3, 0.4) is 0 Å². The Labute approximate surface area is 107 Å². The average molecular weight is 272 g/mol. The van der Waals surface area contributed by atoms with E-state index in [2.05, 4.69) is 4.72 Å². The Kier molecular flexibility index (Phi) is 5.04. The molecule has 0 aliphatic carbocycles. The maximum Gasteiger partial charge on any atom is 0.240 e. The summed E-state index contributed by atoms with van der Waals surface area (Å²) in [5.41, 5.74) is 6.24. The van der Waals surface area contributed by atoms with Gasteiger partial charge >= 0.3 is 0 Å². The number of nitrogens with two attached hydrogens (primary N) is 1. The molecule has 0 aliphatic heterocycles. The van der Waals surface area contributed by atoms with Crippen molar-refractivity contribution >= 4 is 27.2 Å². The van der Waals surface area contributed by atoms with Crippen LogP contribution in [0, 0.1) is 6.92 Å². The zero-order valence-corrected chi connectivity index (χ0v) is 11.3. The highest BCUT2D eigenvalue weighted by atomic mass is 32.2. The lowest BCUT2D eigenvalue weighted by atomic mass is 10.2. The average Bonchev–Trinajstić information content (AvgIpc) is 2.24. The number of rotatable bonds is 6. The van der Waals surface area contributed by atoms with Crippen LogP contribution in [-0.2, 0) is 10.0 Å². The number of nitrogens with one attached hydrogen (secondary N) is 1. The molecule has 0 aromatic heterocycles. The fourth-order valence-electron chi connectivity index (χ4n) is 1.33. The van der Waals surface area contributed by atoms with Crippen molar-refractivity contribution in [2.45, 2.75) is 24.7 Å². The first-order chi connectivity index (χ1) is 7.92. The smallest absolute Gasteiger partial charge is 0.240 e. The van der Waals surface area contributed by atoms with Crippen molar-refractivity contribution < 1.29 is 8.42 Å². The van der Waals surface area contributed by atoms with E-state index in [1.54, 1.807) is 18.2 Å². The molecule has 6 heteroatoms. The van der Waals surface area contributed by atoms with Crippen LogP contribution in [-0.4, -0.2) is 20.0 Å². The lowest BCUT2D eigenvalue weighted by molar-refractivity contribution is 0.580. The molecule has 0 spiro atoms. The van der Waals surface area contributed by atoms with Gasteiger partial charge < -0.3 is 5.73 Å². The molecule has 0 bridgehead atoms. The summed E-state index contributed by atoms with van der Waals surface area (Å²) in [6, 6.07) is 6.78. The first-order valence-corrected chi connectivity index (χ1v) is 7.15. The van der Waals surface area contributed by atoms with E-state index in [4.69, 9.17) is 18.0 Å². The van der Waals surface area contributed by atoms with Crippen molar-refractivity contribution in [1.29, 1.82) is 0 Å². The summed E-state index contributed by atoms with van der Waals surface area (Å²) >= 11 is 4.71. The molecular formula is C11H16N2O2S2. The topological polar surface area (TPSA) is 72.2 Å². The molecule has 0 aliphatic rings. The minimum Gasteiger partial charge on any atom is -0.393 e. The van der Waals surface area contributed by atoms with Gasteiger partial charge in [0.05, 0.1) is 9.88 Å². The third-order valence-electron chi connectivity index (χ3n) is 2.19. The minimum atomic E-state index is -3.41. The third-order valence-corrected chi connectivity index (χ3v) is 3.85. The summed E-state index contributed by atoms with van der Waals surface area (Å²) in [6.45, 7) is 2.19. The van der Waals surface area contributed by atoms with E-state index < -0.39 is 10.0 Å². The molecule has 0 saturated heterocycles. The van der Waals surface area contributed by atoms with E-state index in [-0.39, 0.29) is 4.90 Å². The van der Waals surface area contributed by atoms with Gasteiger partial charge in [-0.05, 0) is 37.5 Å². The van der Waals surface area contributed by atoms with Gasteiger partial charge in [-0.1, -0.05) is 24.4 Å². The molecule has 0 unspecified atom stereocenters. The number of hydrogen-bond acceptors (Lipinski definition) is 3. The normalized spacial score (nSPS) is 11.4. The molecule has 17 heavy (non-hydrogen) atoms. The highest BCUT2D eigenvalue weighted by Gasteiger charge is 2.12. The van der Waals surface area contributed by atoms with Crippen molar-refractivity contribution in [3.8, 4) is 0 Å². The fraction of sp³-hybridized carbons (Fsp3) is 0.364. The first-order valence-electron chi connectivity index (χ1n) is 5.26. The van der Waals surface area contributed by atoms with Gasteiger partial charge in [-0.25, -0.2) is 13.1 Å². The van der Waals surface area contributed by atoms with Gasteiger partial charge in [-0.2, -0.15) is 0 Å². The second-order valence-corrected chi connectivity index (χ2v) is 6.08. The third kappa shape index (κ3) is 4.80. The maximum atomic E-state index is 11.9. The lowest BCUT2D eigenvalue weighted by Gasteiger charge is -2.06. The van der Waals surface area contributed by atoms with Crippen molar-refractivity contribution in [2.24, 2.45) is 5.73 Å². The number of benzene rings is 1. The summed E-state index contributed by atoms with van der Waals surface area (Å²) in [5, 5.41) is 0. The largest absolute Gasteiger partial charge is 0.393 e. The summed E-state index contributed by atoms with van der Waals surface area (Å²) < 4.78 is 26.2. The second kappa shape index (κ2) is 6.09. The van der Waals surface area contributed by atoms with Crippen LogP contribution in [0.15, 0.2) is 29.2 Å². The molecule has 0 amide bonds. The molecule has 3 N–H and O–H groups in total. The number of sulfonamides is 1.